The minimum absolute atomic E-state index is 0.0644. The predicted molar refractivity (Wildman–Crippen MR) is 56.3 cm³/mol. The standard InChI is InChI=1S/C8H6Cl4O/c1-3(13)4-2-5(9)7(11)8(12)6(4)10/h4H,2H2,1H3. The number of hydrogen-bond acceptors (Lipinski definition) is 1. The van der Waals surface area contributed by atoms with E-state index in [0.717, 1.165) is 0 Å². The summed E-state index contributed by atoms with van der Waals surface area (Å²) < 4.78 is 0. The average Bonchev–Trinajstić information content (AvgIpc) is 2.07. The number of rotatable bonds is 1. The number of carbonyl (C=O) groups excluding carboxylic acids is 1. The molecule has 13 heavy (non-hydrogen) atoms. The molecule has 0 saturated heterocycles. The van der Waals surface area contributed by atoms with E-state index in [-0.39, 0.29) is 20.9 Å². The van der Waals surface area contributed by atoms with Crippen molar-refractivity contribution in [2.45, 2.75) is 13.3 Å². The number of hydrogen-bond donors (Lipinski definition) is 0. The number of halogens is 4. The van der Waals surface area contributed by atoms with Gasteiger partial charge in [-0.25, -0.2) is 0 Å². The molecule has 5 heteroatoms. The fourth-order valence-electron chi connectivity index (χ4n) is 1.06. The maximum Gasteiger partial charge on any atom is 0.138 e. The van der Waals surface area contributed by atoms with Crippen LogP contribution in [0.3, 0.4) is 0 Å². The van der Waals surface area contributed by atoms with E-state index in [1.54, 1.807) is 0 Å². The average molecular weight is 260 g/mol. The first kappa shape index (κ1) is 11.4. The minimum Gasteiger partial charge on any atom is -0.299 e. The number of Topliss-reactive ketones (excluding diaryl/α,β-unsaturated/α-hetero) is 1. The van der Waals surface area contributed by atoms with Crippen LogP contribution < -0.4 is 0 Å². The van der Waals surface area contributed by atoms with Crippen LogP contribution in [0, 0.1) is 5.92 Å². The molecule has 0 amide bonds. The summed E-state index contributed by atoms with van der Waals surface area (Å²) in [5, 5.41) is 1.09. The van der Waals surface area contributed by atoms with Crippen LogP contribution in [0.4, 0.5) is 0 Å². The Bertz CT molecular complexity index is 316. The van der Waals surface area contributed by atoms with Crippen LogP contribution in [-0.4, -0.2) is 5.78 Å². The van der Waals surface area contributed by atoms with Crippen molar-refractivity contribution in [2.24, 2.45) is 5.92 Å². The van der Waals surface area contributed by atoms with Crippen LogP contribution in [0.5, 0.6) is 0 Å². The van der Waals surface area contributed by atoms with Crippen molar-refractivity contribution in [1.82, 2.24) is 0 Å². The summed E-state index contributed by atoms with van der Waals surface area (Å²) in [7, 11) is 0. The third-order valence-electron chi connectivity index (χ3n) is 1.82. The highest BCUT2D eigenvalue weighted by Crippen LogP contribution is 2.42. The molecule has 72 valence electrons. The Kier molecular flexibility index (Phi) is 3.70. The van der Waals surface area contributed by atoms with Crippen molar-refractivity contribution in [3.8, 4) is 0 Å². The summed E-state index contributed by atoms with van der Waals surface area (Å²) in [6.45, 7) is 1.45. The Morgan fingerprint density at radius 1 is 1.23 bits per heavy atom. The molecular formula is C8H6Cl4O. The summed E-state index contributed by atoms with van der Waals surface area (Å²) in [5.74, 6) is -0.505. The van der Waals surface area contributed by atoms with E-state index in [2.05, 4.69) is 0 Å². The largest absolute Gasteiger partial charge is 0.299 e. The highest BCUT2D eigenvalue weighted by Gasteiger charge is 2.28. The van der Waals surface area contributed by atoms with Gasteiger partial charge >= 0.3 is 0 Å². The number of allylic oxidation sites excluding steroid dienone is 4. The molecule has 0 saturated carbocycles. The summed E-state index contributed by atoms with van der Waals surface area (Å²) in [6.07, 6.45) is 0.338. The number of ketones is 1. The summed E-state index contributed by atoms with van der Waals surface area (Å²) >= 11 is 23.1. The second-order valence-corrected chi connectivity index (χ2v) is 4.37. The van der Waals surface area contributed by atoms with Gasteiger partial charge in [0.2, 0.25) is 0 Å². The SMILES string of the molecule is CC(=O)C1CC(Cl)=C(Cl)C(Cl)=C1Cl. The van der Waals surface area contributed by atoms with Gasteiger partial charge in [0, 0.05) is 10.1 Å². The Morgan fingerprint density at radius 3 is 2.23 bits per heavy atom. The molecule has 1 atom stereocenters. The van der Waals surface area contributed by atoms with Crippen molar-refractivity contribution in [1.29, 1.82) is 0 Å². The maximum atomic E-state index is 11.1. The van der Waals surface area contributed by atoms with Gasteiger partial charge < -0.3 is 0 Å². The zero-order chi connectivity index (χ0) is 10.2. The molecule has 0 N–H and O–H groups in total. The van der Waals surface area contributed by atoms with Crippen molar-refractivity contribution in [2.75, 3.05) is 0 Å². The highest BCUT2D eigenvalue weighted by molar-refractivity contribution is 6.51. The van der Waals surface area contributed by atoms with Crippen molar-refractivity contribution >= 4 is 52.2 Å². The normalized spacial score (nSPS) is 23.9. The second-order valence-electron chi connectivity index (χ2n) is 2.75. The van der Waals surface area contributed by atoms with Gasteiger partial charge in [-0.05, 0) is 13.3 Å². The van der Waals surface area contributed by atoms with E-state index in [4.69, 9.17) is 46.4 Å². The molecule has 1 nitrogen and oxygen atoms in total. The monoisotopic (exact) mass is 258 g/mol. The Hall–Kier alpha value is 0.310. The molecule has 0 aromatic rings. The van der Waals surface area contributed by atoms with E-state index >= 15 is 0 Å². The molecule has 1 aliphatic rings. The molecule has 1 rings (SSSR count). The summed E-state index contributed by atoms with van der Waals surface area (Å²) in [4.78, 5) is 11.1. The molecule has 0 bridgehead atoms. The lowest BCUT2D eigenvalue weighted by molar-refractivity contribution is -0.119. The molecule has 1 unspecified atom stereocenters. The third-order valence-corrected chi connectivity index (χ3v) is 3.72. The van der Waals surface area contributed by atoms with E-state index < -0.39 is 5.92 Å². The zero-order valence-electron chi connectivity index (χ0n) is 6.70. The lowest BCUT2D eigenvalue weighted by atomic mass is 9.96. The molecule has 0 aromatic heterocycles. The van der Waals surface area contributed by atoms with Gasteiger partial charge in [-0.2, -0.15) is 0 Å². The van der Waals surface area contributed by atoms with Gasteiger partial charge in [0.25, 0.3) is 0 Å². The van der Waals surface area contributed by atoms with Crippen LogP contribution in [-0.2, 0) is 4.79 Å². The van der Waals surface area contributed by atoms with Gasteiger partial charge in [0.1, 0.15) is 5.78 Å². The van der Waals surface area contributed by atoms with E-state index in [0.29, 0.717) is 11.5 Å². The van der Waals surface area contributed by atoms with Crippen LogP contribution in [0.2, 0.25) is 0 Å². The van der Waals surface area contributed by atoms with Crippen LogP contribution in [0.15, 0.2) is 20.1 Å². The predicted octanol–water partition coefficient (Wildman–Crippen LogP) is 3.97. The first-order valence-electron chi connectivity index (χ1n) is 3.55. The molecular weight excluding hydrogens is 254 g/mol. The van der Waals surface area contributed by atoms with E-state index in [1.165, 1.54) is 6.92 Å². The molecule has 0 heterocycles. The zero-order valence-corrected chi connectivity index (χ0v) is 9.73. The second kappa shape index (κ2) is 4.22. The lowest BCUT2D eigenvalue weighted by Gasteiger charge is -2.19. The third kappa shape index (κ3) is 2.21. The maximum absolute atomic E-state index is 11.1. The molecule has 0 aliphatic heterocycles. The van der Waals surface area contributed by atoms with Crippen molar-refractivity contribution in [3.05, 3.63) is 20.1 Å². The Morgan fingerprint density at radius 2 is 1.77 bits per heavy atom. The van der Waals surface area contributed by atoms with Crippen LogP contribution >= 0.6 is 46.4 Å². The molecule has 0 radical (unpaired) electrons. The molecule has 0 aromatic carbocycles. The lowest BCUT2D eigenvalue weighted by Crippen LogP contribution is -2.15. The van der Waals surface area contributed by atoms with Crippen LogP contribution in [0.1, 0.15) is 13.3 Å². The smallest absolute Gasteiger partial charge is 0.138 e. The van der Waals surface area contributed by atoms with Gasteiger partial charge in [-0.1, -0.05) is 46.4 Å². The van der Waals surface area contributed by atoms with E-state index in [1.807, 2.05) is 0 Å². The molecule has 0 spiro atoms. The Balaban J connectivity index is 3.11. The fraction of sp³-hybridized carbons (Fsp3) is 0.375. The molecule has 1 aliphatic carbocycles. The van der Waals surface area contributed by atoms with Crippen molar-refractivity contribution in [3.63, 3.8) is 0 Å². The number of carbonyl (C=O) groups is 1. The fourth-order valence-corrected chi connectivity index (χ4v) is 2.15. The quantitative estimate of drug-likeness (QED) is 0.696. The molecule has 0 fully saturated rings. The summed E-state index contributed by atoms with van der Waals surface area (Å²) in [5.41, 5.74) is 0. The Labute approximate surface area is 96.3 Å². The first-order chi connectivity index (χ1) is 5.95. The minimum atomic E-state index is -0.441. The van der Waals surface area contributed by atoms with Gasteiger partial charge in [-0.15, -0.1) is 0 Å². The van der Waals surface area contributed by atoms with Crippen LogP contribution in [0.25, 0.3) is 0 Å². The van der Waals surface area contributed by atoms with Crippen molar-refractivity contribution < 1.29 is 4.79 Å². The first-order valence-corrected chi connectivity index (χ1v) is 5.06. The van der Waals surface area contributed by atoms with E-state index in [9.17, 15) is 4.79 Å². The van der Waals surface area contributed by atoms with Gasteiger partial charge in [0.05, 0.1) is 16.0 Å². The highest BCUT2D eigenvalue weighted by atomic mass is 35.5. The van der Waals surface area contributed by atoms with Gasteiger partial charge in [-0.3, -0.25) is 4.79 Å². The topological polar surface area (TPSA) is 17.1 Å². The van der Waals surface area contributed by atoms with Gasteiger partial charge in [0.15, 0.2) is 0 Å². The summed E-state index contributed by atoms with van der Waals surface area (Å²) in [6, 6.07) is 0.